The predicted molar refractivity (Wildman–Crippen MR) is 60.3 cm³/mol. The van der Waals surface area contributed by atoms with E-state index in [-0.39, 0.29) is 18.7 Å². The van der Waals surface area contributed by atoms with E-state index in [1.807, 2.05) is 19.9 Å². The molecule has 84 valence electrons. The Hall–Kier alpha value is -0.870. The Morgan fingerprint density at radius 3 is 2.87 bits per heavy atom. The van der Waals surface area contributed by atoms with Gasteiger partial charge in [-0.1, -0.05) is 0 Å². The van der Waals surface area contributed by atoms with Gasteiger partial charge in [-0.3, -0.25) is 0 Å². The predicted octanol–water partition coefficient (Wildman–Crippen LogP) is 2.24. The van der Waals surface area contributed by atoms with Gasteiger partial charge in [0.1, 0.15) is 4.88 Å². The summed E-state index contributed by atoms with van der Waals surface area (Å²) in [7, 11) is 0. The van der Waals surface area contributed by atoms with Gasteiger partial charge in [0.15, 0.2) is 0 Å². The summed E-state index contributed by atoms with van der Waals surface area (Å²) in [5.41, 5.74) is 0. The van der Waals surface area contributed by atoms with Gasteiger partial charge in [0, 0.05) is 11.5 Å². The highest BCUT2D eigenvalue weighted by Gasteiger charge is 2.11. The first-order valence-corrected chi connectivity index (χ1v) is 5.85. The quantitative estimate of drug-likeness (QED) is 0.786. The Balaban J connectivity index is 2.55. The third-order valence-electron chi connectivity index (χ3n) is 1.79. The molecule has 0 atom stereocenters. The van der Waals surface area contributed by atoms with E-state index in [1.54, 1.807) is 6.07 Å². The second-order valence-corrected chi connectivity index (χ2v) is 4.72. The maximum atomic E-state index is 11.5. The van der Waals surface area contributed by atoms with Crippen molar-refractivity contribution in [3.05, 3.63) is 21.9 Å². The van der Waals surface area contributed by atoms with Gasteiger partial charge in [0.2, 0.25) is 0 Å². The van der Waals surface area contributed by atoms with Crippen LogP contribution in [0.1, 0.15) is 34.8 Å². The Kier molecular flexibility index (Phi) is 4.78. The number of aliphatic hydroxyl groups is 1. The molecule has 1 aromatic rings. The highest BCUT2D eigenvalue weighted by atomic mass is 32.1. The highest BCUT2D eigenvalue weighted by Crippen LogP contribution is 2.19. The SMILES string of the molecule is CC(C)OC(=O)c1ccc(CCCO)s1. The number of hydrogen-bond acceptors (Lipinski definition) is 4. The molecule has 0 aliphatic carbocycles. The van der Waals surface area contributed by atoms with Crippen molar-refractivity contribution in [2.45, 2.75) is 32.8 Å². The molecule has 3 nitrogen and oxygen atoms in total. The number of ether oxygens (including phenoxy) is 1. The molecule has 0 bridgehead atoms. The smallest absolute Gasteiger partial charge is 0.348 e. The molecule has 0 unspecified atom stereocenters. The van der Waals surface area contributed by atoms with Crippen LogP contribution < -0.4 is 0 Å². The molecule has 1 heterocycles. The number of carbonyl (C=O) groups excluding carboxylic acids is 1. The van der Waals surface area contributed by atoms with E-state index in [1.165, 1.54) is 11.3 Å². The highest BCUT2D eigenvalue weighted by molar-refractivity contribution is 7.13. The molecular formula is C11H16O3S. The Labute approximate surface area is 93.7 Å². The minimum atomic E-state index is -0.259. The fourth-order valence-corrected chi connectivity index (χ4v) is 2.08. The van der Waals surface area contributed by atoms with Gasteiger partial charge >= 0.3 is 5.97 Å². The maximum Gasteiger partial charge on any atom is 0.348 e. The lowest BCUT2D eigenvalue weighted by Crippen LogP contribution is -2.09. The summed E-state index contributed by atoms with van der Waals surface area (Å²) in [4.78, 5) is 13.2. The lowest BCUT2D eigenvalue weighted by atomic mass is 10.3. The maximum absolute atomic E-state index is 11.5. The zero-order chi connectivity index (χ0) is 11.3. The van der Waals surface area contributed by atoms with Crippen LogP contribution in [-0.4, -0.2) is 23.8 Å². The molecule has 0 aromatic carbocycles. The number of hydrogen-bond donors (Lipinski definition) is 1. The summed E-state index contributed by atoms with van der Waals surface area (Å²) in [6, 6.07) is 3.69. The molecule has 0 aliphatic rings. The minimum absolute atomic E-state index is 0.0829. The zero-order valence-corrected chi connectivity index (χ0v) is 9.84. The zero-order valence-electron chi connectivity index (χ0n) is 9.03. The summed E-state index contributed by atoms with van der Waals surface area (Å²) >= 11 is 1.44. The first kappa shape index (κ1) is 12.2. The molecule has 4 heteroatoms. The molecule has 0 amide bonds. The van der Waals surface area contributed by atoms with Crippen LogP contribution in [0.3, 0.4) is 0 Å². The van der Waals surface area contributed by atoms with E-state index in [0.717, 1.165) is 17.7 Å². The van der Waals surface area contributed by atoms with Crippen LogP contribution in [0.25, 0.3) is 0 Å². The lowest BCUT2D eigenvalue weighted by molar-refractivity contribution is 0.0384. The molecule has 0 saturated heterocycles. The lowest BCUT2D eigenvalue weighted by Gasteiger charge is -2.05. The van der Waals surface area contributed by atoms with Crippen LogP contribution >= 0.6 is 11.3 Å². The van der Waals surface area contributed by atoms with Gasteiger partial charge < -0.3 is 9.84 Å². The topological polar surface area (TPSA) is 46.5 Å². The molecule has 0 saturated carbocycles. The molecule has 15 heavy (non-hydrogen) atoms. The third kappa shape index (κ3) is 4.01. The van der Waals surface area contributed by atoms with Gasteiger partial charge in [-0.05, 0) is 38.8 Å². The molecular weight excluding hydrogens is 212 g/mol. The van der Waals surface area contributed by atoms with Crippen LogP contribution in [0, 0.1) is 0 Å². The van der Waals surface area contributed by atoms with Crippen molar-refractivity contribution in [3.8, 4) is 0 Å². The summed E-state index contributed by atoms with van der Waals surface area (Å²) in [5, 5.41) is 8.68. The minimum Gasteiger partial charge on any atom is -0.459 e. The standard InChI is InChI=1S/C11H16O3S/c1-8(2)14-11(13)10-6-5-9(15-10)4-3-7-12/h5-6,8,12H,3-4,7H2,1-2H3. The van der Waals surface area contributed by atoms with Crippen molar-refractivity contribution in [2.24, 2.45) is 0 Å². The first-order chi connectivity index (χ1) is 7.13. The Morgan fingerprint density at radius 1 is 1.53 bits per heavy atom. The Bertz CT molecular complexity index is 317. The molecule has 0 spiro atoms. The third-order valence-corrected chi connectivity index (χ3v) is 2.91. The van der Waals surface area contributed by atoms with E-state index >= 15 is 0 Å². The largest absolute Gasteiger partial charge is 0.459 e. The second-order valence-electron chi connectivity index (χ2n) is 3.55. The fourth-order valence-electron chi connectivity index (χ4n) is 1.15. The first-order valence-electron chi connectivity index (χ1n) is 5.04. The van der Waals surface area contributed by atoms with E-state index in [4.69, 9.17) is 9.84 Å². The van der Waals surface area contributed by atoms with Crippen molar-refractivity contribution >= 4 is 17.3 Å². The number of aryl methyl sites for hydroxylation is 1. The molecule has 1 rings (SSSR count). The van der Waals surface area contributed by atoms with Crippen molar-refractivity contribution in [3.63, 3.8) is 0 Å². The van der Waals surface area contributed by atoms with Crippen molar-refractivity contribution < 1.29 is 14.6 Å². The van der Waals surface area contributed by atoms with E-state index in [9.17, 15) is 4.79 Å². The van der Waals surface area contributed by atoms with Crippen molar-refractivity contribution in [1.82, 2.24) is 0 Å². The van der Waals surface area contributed by atoms with Crippen LogP contribution in [0.2, 0.25) is 0 Å². The van der Waals surface area contributed by atoms with E-state index in [0.29, 0.717) is 4.88 Å². The average Bonchev–Trinajstić information content (AvgIpc) is 2.62. The van der Waals surface area contributed by atoms with Gasteiger partial charge in [-0.2, -0.15) is 0 Å². The van der Waals surface area contributed by atoms with Crippen LogP contribution in [0.15, 0.2) is 12.1 Å². The van der Waals surface area contributed by atoms with Crippen molar-refractivity contribution in [2.75, 3.05) is 6.61 Å². The van der Waals surface area contributed by atoms with Crippen LogP contribution in [0.4, 0.5) is 0 Å². The van der Waals surface area contributed by atoms with Crippen LogP contribution in [0.5, 0.6) is 0 Å². The van der Waals surface area contributed by atoms with Crippen LogP contribution in [-0.2, 0) is 11.2 Å². The normalized spacial score (nSPS) is 10.7. The summed E-state index contributed by atoms with van der Waals surface area (Å²) in [6.07, 6.45) is 1.47. The van der Waals surface area contributed by atoms with Gasteiger partial charge in [-0.25, -0.2) is 4.79 Å². The van der Waals surface area contributed by atoms with E-state index in [2.05, 4.69) is 0 Å². The molecule has 0 fully saturated rings. The Morgan fingerprint density at radius 2 is 2.27 bits per heavy atom. The number of carbonyl (C=O) groups is 1. The molecule has 1 N–H and O–H groups in total. The summed E-state index contributed by atoms with van der Waals surface area (Å²) < 4.78 is 5.08. The number of rotatable bonds is 5. The molecule has 1 aromatic heterocycles. The monoisotopic (exact) mass is 228 g/mol. The van der Waals surface area contributed by atoms with E-state index < -0.39 is 0 Å². The summed E-state index contributed by atoms with van der Waals surface area (Å²) in [6.45, 7) is 3.85. The van der Waals surface area contributed by atoms with Gasteiger partial charge in [0.05, 0.1) is 6.10 Å². The van der Waals surface area contributed by atoms with Crippen molar-refractivity contribution in [1.29, 1.82) is 0 Å². The summed E-state index contributed by atoms with van der Waals surface area (Å²) in [5.74, 6) is -0.259. The molecule has 0 aliphatic heterocycles. The fraction of sp³-hybridized carbons (Fsp3) is 0.545. The number of aliphatic hydroxyl groups excluding tert-OH is 1. The van der Waals surface area contributed by atoms with Gasteiger partial charge in [0.25, 0.3) is 0 Å². The second kappa shape index (κ2) is 5.88. The number of esters is 1. The molecule has 0 radical (unpaired) electrons. The van der Waals surface area contributed by atoms with Gasteiger partial charge in [-0.15, -0.1) is 11.3 Å². The number of thiophene rings is 1. The average molecular weight is 228 g/mol.